The van der Waals surface area contributed by atoms with Gasteiger partial charge < -0.3 is 9.64 Å². The van der Waals surface area contributed by atoms with E-state index in [9.17, 15) is 0 Å². The van der Waals surface area contributed by atoms with Crippen LogP contribution >= 0.6 is 11.6 Å². The molecule has 2 aliphatic heterocycles. The zero-order valence-corrected chi connectivity index (χ0v) is 13.8. The van der Waals surface area contributed by atoms with Crippen molar-refractivity contribution in [3.05, 3.63) is 28.8 Å². The summed E-state index contributed by atoms with van der Waals surface area (Å²) in [4.78, 5) is 2.80. The number of likely N-dealkylation sites (tertiary alicyclic amines) is 1. The van der Waals surface area contributed by atoms with E-state index in [1.807, 2.05) is 6.07 Å². The summed E-state index contributed by atoms with van der Waals surface area (Å²) in [6.07, 6.45) is 8.42. The van der Waals surface area contributed by atoms with Gasteiger partial charge in [-0.2, -0.15) is 0 Å². The van der Waals surface area contributed by atoms with E-state index in [0.717, 1.165) is 35.3 Å². The van der Waals surface area contributed by atoms with Crippen LogP contribution in [0.2, 0.25) is 5.02 Å². The van der Waals surface area contributed by atoms with Crippen LogP contribution in [0, 0.1) is 11.8 Å². The maximum atomic E-state index is 6.23. The first kappa shape index (κ1) is 13.7. The molecule has 3 heteroatoms. The number of ether oxygens (including phenoxy) is 1. The summed E-state index contributed by atoms with van der Waals surface area (Å²) in [6, 6.07) is 7.03. The quantitative estimate of drug-likeness (QED) is 0.767. The Hall–Kier alpha value is -0.730. The molecule has 2 bridgehead atoms. The lowest BCUT2D eigenvalue weighted by atomic mass is 9.74. The molecule has 0 amide bonds. The van der Waals surface area contributed by atoms with Gasteiger partial charge in [0.15, 0.2) is 0 Å². The summed E-state index contributed by atoms with van der Waals surface area (Å²) in [7, 11) is 0. The summed E-state index contributed by atoms with van der Waals surface area (Å²) >= 11 is 6.23. The zero-order valence-electron chi connectivity index (χ0n) is 13.1. The summed E-state index contributed by atoms with van der Waals surface area (Å²) in [6.45, 7) is 3.33. The number of halogens is 1. The van der Waals surface area contributed by atoms with Crippen LogP contribution in [0.15, 0.2) is 18.2 Å². The average molecular weight is 318 g/mol. The molecule has 1 saturated heterocycles. The normalized spacial score (nSPS) is 35.8. The van der Waals surface area contributed by atoms with Gasteiger partial charge in [-0.3, -0.25) is 0 Å². The van der Waals surface area contributed by atoms with Crippen LogP contribution < -0.4 is 4.74 Å². The lowest BCUT2D eigenvalue weighted by molar-refractivity contribution is 0.0747. The number of hydrogen-bond donors (Lipinski definition) is 0. The minimum Gasteiger partial charge on any atom is -0.492 e. The third-order valence-electron chi connectivity index (χ3n) is 6.94. The van der Waals surface area contributed by atoms with E-state index in [1.165, 1.54) is 57.2 Å². The van der Waals surface area contributed by atoms with E-state index < -0.39 is 0 Å². The van der Waals surface area contributed by atoms with Gasteiger partial charge >= 0.3 is 0 Å². The molecule has 0 radical (unpaired) electrons. The lowest BCUT2D eigenvalue weighted by Crippen LogP contribution is -2.49. The van der Waals surface area contributed by atoms with Crippen LogP contribution in [-0.2, 0) is 5.41 Å². The van der Waals surface area contributed by atoms with Crippen molar-refractivity contribution in [3.63, 3.8) is 0 Å². The van der Waals surface area contributed by atoms with E-state index in [1.54, 1.807) is 0 Å². The molecule has 0 aromatic heterocycles. The first-order chi connectivity index (χ1) is 10.7. The fraction of sp³-hybridized carbons (Fsp3) is 0.684. The van der Waals surface area contributed by atoms with Gasteiger partial charge in [0.2, 0.25) is 0 Å². The number of fused-ring (bicyclic) bond motifs is 4. The molecule has 1 aromatic rings. The molecule has 2 saturated carbocycles. The molecule has 1 aromatic carbocycles. The van der Waals surface area contributed by atoms with Gasteiger partial charge in [-0.25, -0.2) is 0 Å². The Morgan fingerprint density at radius 1 is 1.14 bits per heavy atom. The van der Waals surface area contributed by atoms with Gasteiger partial charge in [0.1, 0.15) is 5.75 Å². The molecule has 2 nitrogen and oxygen atoms in total. The molecule has 4 aliphatic rings. The van der Waals surface area contributed by atoms with Gasteiger partial charge in [-0.1, -0.05) is 18.0 Å². The van der Waals surface area contributed by atoms with E-state index in [0.29, 0.717) is 0 Å². The Balaban J connectivity index is 1.34. The largest absolute Gasteiger partial charge is 0.492 e. The predicted molar refractivity (Wildman–Crippen MR) is 88.7 cm³/mol. The van der Waals surface area contributed by atoms with Crippen molar-refractivity contribution in [2.24, 2.45) is 11.8 Å². The van der Waals surface area contributed by atoms with Gasteiger partial charge in [0.05, 0.1) is 6.61 Å². The summed E-state index contributed by atoms with van der Waals surface area (Å²) in [5.41, 5.74) is 1.60. The Morgan fingerprint density at radius 3 is 2.73 bits per heavy atom. The number of benzene rings is 1. The Labute approximate surface area is 137 Å². The van der Waals surface area contributed by atoms with E-state index in [2.05, 4.69) is 17.0 Å². The highest BCUT2D eigenvalue weighted by Crippen LogP contribution is 2.50. The molecule has 2 heterocycles. The molecule has 118 valence electrons. The molecular weight excluding hydrogens is 294 g/mol. The third-order valence-corrected chi connectivity index (χ3v) is 7.18. The second kappa shape index (κ2) is 4.88. The summed E-state index contributed by atoms with van der Waals surface area (Å²) < 4.78 is 5.98. The highest BCUT2D eigenvalue weighted by Gasteiger charge is 2.47. The van der Waals surface area contributed by atoms with Crippen molar-refractivity contribution in [2.45, 2.75) is 50.0 Å². The maximum Gasteiger partial charge on any atom is 0.123 e. The molecule has 3 atom stereocenters. The van der Waals surface area contributed by atoms with Gasteiger partial charge in [0.25, 0.3) is 0 Å². The minimum absolute atomic E-state index is 0.231. The predicted octanol–water partition coefficient (Wildman–Crippen LogP) is 4.25. The fourth-order valence-electron chi connectivity index (χ4n) is 5.69. The van der Waals surface area contributed by atoms with Crippen molar-refractivity contribution in [3.8, 4) is 5.75 Å². The lowest BCUT2D eigenvalue weighted by Gasteiger charge is -2.43. The zero-order chi connectivity index (χ0) is 14.7. The highest BCUT2D eigenvalue weighted by atomic mass is 35.5. The van der Waals surface area contributed by atoms with E-state index >= 15 is 0 Å². The molecule has 2 aliphatic carbocycles. The Morgan fingerprint density at radius 2 is 2.00 bits per heavy atom. The maximum absolute atomic E-state index is 6.23. The molecule has 3 fully saturated rings. The van der Waals surface area contributed by atoms with Gasteiger partial charge in [-0.05, 0) is 75.2 Å². The van der Waals surface area contributed by atoms with Crippen molar-refractivity contribution in [1.29, 1.82) is 0 Å². The third kappa shape index (κ3) is 1.96. The Bertz CT molecular complexity index is 593. The van der Waals surface area contributed by atoms with Crippen LogP contribution in [0.3, 0.4) is 0 Å². The van der Waals surface area contributed by atoms with Crippen LogP contribution in [0.5, 0.6) is 5.75 Å². The summed E-state index contributed by atoms with van der Waals surface area (Å²) in [5.74, 6) is 3.11. The molecule has 5 rings (SSSR count). The number of rotatable bonds is 1. The first-order valence-electron chi connectivity index (χ1n) is 8.90. The van der Waals surface area contributed by atoms with Crippen LogP contribution in [0.25, 0.3) is 0 Å². The molecule has 0 unspecified atom stereocenters. The van der Waals surface area contributed by atoms with Crippen LogP contribution in [-0.4, -0.2) is 30.6 Å². The average Bonchev–Trinajstić information content (AvgIpc) is 3.24. The first-order valence-corrected chi connectivity index (χ1v) is 9.28. The van der Waals surface area contributed by atoms with Crippen LogP contribution in [0.1, 0.15) is 44.1 Å². The molecule has 22 heavy (non-hydrogen) atoms. The topological polar surface area (TPSA) is 12.5 Å². The fourth-order valence-corrected chi connectivity index (χ4v) is 5.86. The second-order valence-corrected chi connectivity index (χ2v) is 8.42. The number of nitrogens with zero attached hydrogens (tertiary/aromatic N) is 1. The van der Waals surface area contributed by atoms with Gasteiger partial charge in [-0.15, -0.1) is 0 Å². The smallest absolute Gasteiger partial charge is 0.123 e. The number of hydrogen-bond acceptors (Lipinski definition) is 2. The van der Waals surface area contributed by atoms with Crippen molar-refractivity contribution in [1.82, 2.24) is 4.90 Å². The number of piperidine rings is 1. The molecular formula is C19H24ClNO. The van der Waals surface area contributed by atoms with E-state index in [-0.39, 0.29) is 5.41 Å². The molecule has 1 spiro atoms. The van der Waals surface area contributed by atoms with Crippen molar-refractivity contribution < 1.29 is 4.74 Å². The van der Waals surface area contributed by atoms with Crippen molar-refractivity contribution in [2.75, 3.05) is 19.7 Å². The second-order valence-electron chi connectivity index (χ2n) is 7.99. The monoisotopic (exact) mass is 317 g/mol. The highest BCUT2D eigenvalue weighted by molar-refractivity contribution is 6.30. The van der Waals surface area contributed by atoms with Crippen LogP contribution in [0.4, 0.5) is 0 Å². The summed E-state index contributed by atoms with van der Waals surface area (Å²) in [5, 5.41) is 0.846. The van der Waals surface area contributed by atoms with Gasteiger partial charge in [0, 0.05) is 22.0 Å². The SMILES string of the molecule is Clc1ccc2c(c1)C1(CCN([C@H]3C[C@H]4CC[C@@H]3C4)CC1)CO2. The van der Waals surface area contributed by atoms with Crippen molar-refractivity contribution >= 4 is 11.6 Å². The minimum atomic E-state index is 0.231. The molecule has 0 N–H and O–H groups in total. The standard InChI is InChI=1S/C19H24ClNO/c20-15-3-4-18-16(11-15)19(12-22-18)5-7-21(8-6-19)17-10-13-1-2-14(17)9-13/h3-4,11,13-14,17H,1-2,5-10,12H2/t13-,14+,17-/m0/s1. The van der Waals surface area contributed by atoms with E-state index in [4.69, 9.17) is 16.3 Å². The Kier molecular flexibility index (Phi) is 3.04.